The molecule has 2 aliphatic rings. The Morgan fingerprint density at radius 3 is 2.71 bits per heavy atom. The summed E-state index contributed by atoms with van der Waals surface area (Å²) in [4.78, 5) is 2.16. The molecule has 1 nitrogen and oxygen atoms in total. The summed E-state index contributed by atoms with van der Waals surface area (Å²) in [5.74, 6) is 0.632. The van der Waals surface area contributed by atoms with E-state index in [0.29, 0.717) is 5.92 Å². The monoisotopic (exact) mass is 187 g/mol. The Labute approximate surface area is 86.1 Å². The maximum absolute atomic E-state index is 2.34. The van der Waals surface area contributed by atoms with Crippen molar-refractivity contribution in [1.29, 1.82) is 0 Å². The summed E-state index contributed by atoms with van der Waals surface area (Å²) in [5, 5.41) is 0. The van der Waals surface area contributed by atoms with E-state index in [9.17, 15) is 0 Å². The maximum Gasteiger partial charge on any atom is 0.0418 e. The topological polar surface area (TPSA) is 3.24 Å². The van der Waals surface area contributed by atoms with E-state index in [1.54, 1.807) is 0 Å². The van der Waals surface area contributed by atoms with Crippen molar-refractivity contribution in [1.82, 2.24) is 4.90 Å². The molecule has 0 spiro atoms. The van der Waals surface area contributed by atoms with Crippen LogP contribution in [0.1, 0.15) is 20.8 Å². The van der Waals surface area contributed by atoms with Crippen LogP contribution in [0.4, 0.5) is 0 Å². The van der Waals surface area contributed by atoms with Gasteiger partial charge >= 0.3 is 0 Å². The van der Waals surface area contributed by atoms with Gasteiger partial charge in [-0.15, -0.1) is 0 Å². The molecule has 74 valence electrons. The predicted molar refractivity (Wildman–Crippen MR) is 60.3 cm³/mol. The van der Waals surface area contributed by atoms with Gasteiger partial charge in [-0.3, -0.25) is 0 Å². The minimum Gasteiger partial charge on any atom is -0.324 e. The molecule has 0 N–H and O–H groups in total. The van der Waals surface area contributed by atoms with Gasteiger partial charge in [0.1, 0.15) is 0 Å². The van der Waals surface area contributed by atoms with E-state index in [1.165, 1.54) is 5.70 Å². The van der Waals surface area contributed by atoms with E-state index in [1.807, 2.05) is 0 Å². The minimum absolute atomic E-state index is 0.196. The van der Waals surface area contributed by atoms with Crippen molar-refractivity contribution in [3.8, 4) is 0 Å². The van der Waals surface area contributed by atoms with Crippen LogP contribution in [0.2, 0.25) is 0 Å². The molecule has 0 fully saturated rings. The summed E-state index contributed by atoms with van der Waals surface area (Å²) in [7, 11) is 0. The zero-order chi connectivity index (χ0) is 10.2. The van der Waals surface area contributed by atoms with Gasteiger partial charge < -0.3 is 4.90 Å². The largest absolute Gasteiger partial charge is 0.324 e. The van der Waals surface area contributed by atoms with Crippen molar-refractivity contribution in [3.63, 3.8) is 0 Å². The van der Waals surface area contributed by atoms with Gasteiger partial charge in [0, 0.05) is 23.5 Å². The molecule has 2 aliphatic heterocycles. The lowest BCUT2D eigenvalue weighted by Crippen LogP contribution is -2.26. The summed E-state index contributed by atoms with van der Waals surface area (Å²) in [6.07, 6.45) is 15.2. The molecule has 0 amide bonds. The Morgan fingerprint density at radius 2 is 2.00 bits per heavy atom. The number of nitrogens with zero attached hydrogens (tertiary/aromatic N) is 1. The molecular weight excluding hydrogens is 170 g/mol. The number of allylic oxidation sites excluding steroid dienone is 5. The number of rotatable bonds is 1. The molecule has 2 heterocycles. The van der Waals surface area contributed by atoms with Crippen LogP contribution in [0, 0.1) is 11.3 Å². The fourth-order valence-electron chi connectivity index (χ4n) is 1.69. The molecule has 2 rings (SSSR count). The van der Waals surface area contributed by atoms with Gasteiger partial charge in [0.25, 0.3) is 0 Å². The maximum atomic E-state index is 2.34. The molecule has 1 unspecified atom stereocenters. The summed E-state index contributed by atoms with van der Waals surface area (Å²) < 4.78 is 0. The summed E-state index contributed by atoms with van der Waals surface area (Å²) in [6.45, 7) is 6.81. The zero-order valence-corrected chi connectivity index (χ0v) is 9.07. The molecule has 0 aliphatic carbocycles. The number of fused-ring (bicyclic) bond motifs is 1. The van der Waals surface area contributed by atoms with Crippen LogP contribution in [0.3, 0.4) is 0 Å². The minimum atomic E-state index is 0.196. The van der Waals surface area contributed by atoms with Crippen LogP contribution in [-0.4, -0.2) is 4.90 Å². The van der Waals surface area contributed by atoms with Gasteiger partial charge in [0.2, 0.25) is 0 Å². The smallest absolute Gasteiger partial charge is 0.0418 e. The SMILES string of the molecule is CC(C)C1(C)C=CN2C=CC=CC2=C1. The highest BCUT2D eigenvalue weighted by molar-refractivity contribution is 5.36. The highest BCUT2D eigenvalue weighted by atomic mass is 15.1. The van der Waals surface area contributed by atoms with E-state index in [2.05, 4.69) is 68.5 Å². The van der Waals surface area contributed by atoms with Crippen molar-refractivity contribution in [2.45, 2.75) is 20.8 Å². The van der Waals surface area contributed by atoms with Crippen molar-refractivity contribution in [3.05, 3.63) is 48.5 Å². The Bertz CT molecular complexity index is 344. The quantitative estimate of drug-likeness (QED) is 0.607. The zero-order valence-electron chi connectivity index (χ0n) is 9.07. The van der Waals surface area contributed by atoms with Gasteiger partial charge in [0.05, 0.1) is 0 Å². The lowest BCUT2D eigenvalue weighted by atomic mass is 9.77. The lowest BCUT2D eigenvalue weighted by molar-refractivity contribution is 0.361. The first kappa shape index (κ1) is 9.32. The van der Waals surface area contributed by atoms with Gasteiger partial charge in [0.15, 0.2) is 0 Å². The highest BCUT2D eigenvalue weighted by Gasteiger charge is 2.27. The number of hydrogen-bond donors (Lipinski definition) is 0. The second-order valence-electron chi connectivity index (χ2n) is 4.51. The summed E-state index contributed by atoms with van der Waals surface area (Å²) >= 11 is 0. The van der Waals surface area contributed by atoms with E-state index < -0.39 is 0 Å². The Kier molecular flexibility index (Phi) is 2.10. The van der Waals surface area contributed by atoms with Gasteiger partial charge in [-0.25, -0.2) is 0 Å². The molecule has 0 bridgehead atoms. The van der Waals surface area contributed by atoms with Crippen LogP contribution in [0.15, 0.2) is 48.5 Å². The van der Waals surface area contributed by atoms with E-state index in [-0.39, 0.29) is 5.41 Å². The van der Waals surface area contributed by atoms with Crippen molar-refractivity contribution >= 4 is 0 Å². The normalized spacial score (nSPS) is 29.4. The Balaban J connectivity index is 2.34. The molecule has 0 saturated carbocycles. The molecule has 0 radical (unpaired) electrons. The fraction of sp³-hybridized carbons (Fsp3) is 0.385. The van der Waals surface area contributed by atoms with E-state index in [0.717, 1.165) is 0 Å². The number of hydrogen-bond acceptors (Lipinski definition) is 1. The molecule has 1 atom stereocenters. The van der Waals surface area contributed by atoms with E-state index >= 15 is 0 Å². The molecule has 0 aromatic heterocycles. The first-order valence-electron chi connectivity index (χ1n) is 5.17. The molecular formula is C13H17N. The molecule has 0 aromatic rings. The molecule has 0 saturated heterocycles. The van der Waals surface area contributed by atoms with Crippen molar-refractivity contribution < 1.29 is 0 Å². The van der Waals surface area contributed by atoms with E-state index in [4.69, 9.17) is 0 Å². The van der Waals surface area contributed by atoms with Gasteiger partial charge in [-0.05, 0) is 18.1 Å². The van der Waals surface area contributed by atoms with Crippen LogP contribution >= 0.6 is 0 Å². The average Bonchev–Trinajstić information content (AvgIpc) is 2.17. The third-order valence-electron chi connectivity index (χ3n) is 3.22. The molecule has 1 heteroatoms. The van der Waals surface area contributed by atoms with Crippen LogP contribution in [-0.2, 0) is 0 Å². The van der Waals surface area contributed by atoms with Crippen LogP contribution in [0.25, 0.3) is 0 Å². The van der Waals surface area contributed by atoms with Crippen molar-refractivity contribution in [2.75, 3.05) is 0 Å². The second-order valence-corrected chi connectivity index (χ2v) is 4.51. The lowest BCUT2D eigenvalue weighted by Gasteiger charge is -2.35. The third kappa shape index (κ3) is 1.43. The first-order valence-corrected chi connectivity index (χ1v) is 5.17. The summed E-state index contributed by atoms with van der Waals surface area (Å²) in [5.41, 5.74) is 1.48. The first-order chi connectivity index (χ1) is 6.62. The third-order valence-corrected chi connectivity index (χ3v) is 3.22. The van der Waals surface area contributed by atoms with Crippen LogP contribution in [0.5, 0.6) is 0 Å². The van der Waals surface area contributed by atoms with Gasteiger partial charge in [-0.2, -0.15) is 0 Å². The standard InChI is InChI=1S/C13H17N/c1-11(2)13(3)7-9-14-8-5-4-6-12(14)10-13/h4-11H,1-3H3. The predicted octanol–water partition coefficient (Wildman–Crippen LogP) is 3.45. The molecule has 14 heavy (non-hydrogen) atoms. The molecule has 0 aromatic carbocycles. The fourth-order valence-corrected chi connectivity index (χ4v) is 1.69. The van der Waals surface area contributed by atoms with Crippen molar-refractivity contribution in [2.24, 2.45) is 11.3 Å². The summed E-state index contributed by atoms with van der Waals surface area (Å²) in [6, 6.07) is 0. The Morgan fingerprint density at radius 1 is 1.21 bits per heavy atom. The van der Waals surface area contributed by atoms with Crippen LogP contribution < -0.4 is 0 Å². The highest BCUT2D eigenvalue weighted by Crippen LogP contribution is 2.36. The average molecular weight is 187 g/mol. The Hall–Kier alpha value is -1.24. The second kappa shape index (κ2) is 3.16. The van der Waals surface area contributed by atoms with Gasteiger partial charge in [-0.1, -0.05) is 39.0 Å².